The molecule has 7 nitrogen and oxygen atoms in total. The summed E-state index contributed by atoms with van der Waals surface area (Å²) in [6, 6.07) is 20.3. The Labute approximate surface area is 240 Å². The van der Waals surface area contributed by atoms with E-state index in [1.165, 1.54) is 0 Å². The third kappa shape index (κ3) is 10.0. The van der Waals surface area contributed by atoms with Crippen molar-refractivity contribution in [2.45, 2.75) is 57.7 Å². The van der Waals surface area contributed by atoms with Crippen molar-refractivity contribution in [1.29, 1.82) is 0 Å². The van der Waals surface area contributed by atoms with E-state index >= 15 is 0 Å². The molecule has 1 aliphatic heterocycles. The Bertz CT molecular complexity index is 1370. The molecule has 1 aromatic heterocycles. The number of aliphatic carboxylic acids is 1. The van der Waals surface area contributed by atoms with E-state index in [2.05, 4.69) is 28.8 Å². The average Bonchev–Trinajstić information content (AvgIpc) is 3.62. The van der Waals surface area contributed by atoms with Crippen molar-refractivity contribution >= 4 is 50.5 Å². The molecule has 0 fully saturated rings. The fourth-order valence-corrected chi connectivity index (χ4v) is 5.16. The SMILES string of the molecule is CCC(=O)CCCCC[C@H](NCC(=O)c1cc2ccccc2s1)C1=NC=C(c2ccccc2)[NH2+]1.O=C([O-])C(F)(F)F. The molecule has 0 saturated heterocycles. The van der Waals surface area contributed by atoms with Gasteiger partial charge in [-0.15, -0.1) is 11.3 Å². The summed E-state index contributed by atoms with van der Waals surface area (Å²) < 4.78 is 32.7. The van der Waals surface area contributed by atoms with Gasteiger partial charge in [-0.25, -0.2) is 4.99 Å². The number of aliphatic imine (C=N–C) groups is 1. The average molecular weight is 588 g/mol. The molecule has 0 unspecified atom stereocenters. The Morgan fingerprint density at radius 2 is 1.71 bits per heavy atom. The molecule has 218 valence electrons. The maximum absolute atomic E-state index is 13.0. The van der Waals surface area contributed by atoms with E-state index in [1.54, 1.807) is 11.3 Å². The van der Waals surface area contributed by atoms with Crippen LogP contribution in [0.15, 0.2) is 71.9 Å². The number of halogens is 3. The normalized spacial score (nSPS) is 13.7. The number of carboxylic acid groups (broad SMARTS) is 1. The number of nitrogens with zero attached hydrogens (tertiary/aromatic N) is 1. The molecular formula is C30H32F3N3O4S. The van der Waals surface area contributed by atoms with Crippen LogP contribution in [0.2, 0.25) is 0 Å². The molecular weight excluding hydrogens is 555 g/mol. The van der Waals surface area contributed by atoms with Crippen molar-refractivity contribution in [2.75, 3.05) is 6.54 Å². The molecule has 0 bridgehead atoms. The number of quaternary nitrogens is 1. The minimum Gasteiger partial charge on any atom is -0.542 e. The number of hydrogen-bond acceptors (Lipinski definition) is 7. The third-order valence-corrected chi connectivity index (χ3v) is 7.56. The van der Waals surface area contributed by atoms with E-state index in [0.717, 1.165) is 57.7 Å². The van der Waals surface area contributed by atoms with Crippen molar-refractivity contribution in [1.82, 2.24) is 5.32 Å². The predicted octanol–water partition coefficient (Wildman–Crippen LogP) is 4.24. The summed E-state index contributed by atoms with van der Waals surface area (Å²) in [6.07, 6.45) is 1.78. The highest BCUT2D eigenvalue weighted by molar-refractivity contribution is 7.20. The number of nitrogens with two attached hydrogens (primary N) is 1. The molecule has 1 atom stereocenters. The highest BCUT2D eigenvalue weighted by atomic mass is 32.1. The number of alkyl halides is 3. The van der Waals surface area contributed by atoms with Gasteiger partial charge < -0.3 is 9.90 Å². The summed E-state index contributed by atoms with van der Waals surface area (Å²) in [7, 11) is 0. The molecule has 2 aromatic carbocycles. The summed E-state index contributed by atoms with van der Waals surface area (Å²) in [6.45, 7) is 2.20. The van der Waals surface area contributed by atoms with Crippen molar-refractivity contribution < 1.29 is 38.0 Å². The van der Waals surface area contributed by atoms with Crippen LogP contribution in [0.25, 0.3) is 15.8 Å². The van der Waals surface area contributed by atoms with Gasteiger partial charge >= 0.3 is 6.18 Å². The Morgan fingerprint density at radius 1 is 1.02 bits per heavy atom. The summed E-state index contributed by atoms with van der Waals surface area (Å²) in [5, 5.41) is 15.5. The number of carbonyl (C=O) groups excluding carboxylic acids is 3. The number of rotatable bonds is 13. The quantitative estimate of drug-likeness (QED) is 0.229. The number of carbonyl (C=O) groups is 3. The lowest BCUT2D eigenvalue weighted by atomic mass is 10.0. The predicted molar refractivity (Wildman–Crippen MR) is 151 cm³/mol. The molecule has 11 heteroatoms. The largest absolute Gasteiger partial charge is 0.542 e. The second-order valence-electron chi connectivity index (χ2n) is 9.43. The lowest BCUT2D eigenvalue weighted by Crippen LogP contribution is -2.87. The van der Waals surface area contributed by atoms with Gasteiger partial charge in [-0.2, -0.15) is 13.2 Å². The summed E-state index contributed by atoms with van der Waals surface area (Å²) >= 11 is 1.55. The van der Waals surface area contributed by atoms with Gasteiger partial charge in [0.2, 0.25) is 5.84 Å². The minimum atomic E-state index is -5.19. The van der Waals surface area contributed by atoms with E-state index in [9.17, 15) is 22.8 Å². The van der Waals surface area contributed by atoms with E-state index in [-0.39, 0.29) is 18.4 Å². The van der Waals surface area contributed by atoms with Gasteiger partial charge in [0.1, 0.15) is 17.8 Å². The summed E-state index contributed by atoms with van der Waals surface area (Å²) in [5.41, 5.74) is 2.23. The van der Waals surface area contributed by atoms with Crippen LogP contribution >= 0.6 is 11.3 Å². The molecule has 3 N–H and O–H groups in total. The van der Waals surface area contributed by atoms with Gasteiger partial charge in [-0.1, -0.05) is 56.2 Å². The lowest BCUT2D eigenvalue weighted by molar-refractivity contribution is -0.434. The molecule has 41 heavy (non-hydrogen) atoms. The van der Waals surface area contributed by atoms with Gasteiger partial charge in [0, 0.05) is 23.1 Å². The van der Waals surface area contributed by atoms with Crippen molar-refractivity contribution in [3.8, 4) is 0 Å². The van der Waals surface area contributed by atoms with Crippen LogP contribution in [-0.2, 0) is 9.59 Å². The van der Waals surface area contributed by atoms with Crippen molar-refractivity contribution in [2.24, 2.45) is 4.99 Å². The molecule has 0 amide bonds. The number of benzene rings is 2. The summed E-state index contributed by atoms with van der Waals surface area (Å²) in [5.74, 6) is -1.61. The second kappa shape index (κ2) is 15.4. The number of nitrogens with one attached hydrogen (secondary N) is 1. The molecule has 0 aliphatic carbocycles. The van der Waals surface area contributed by atoms with E-state index < -0.39 is 12.1 Å². The topological polar surface area (TPSA) is 115 Å². The second-order valence-corrected chi connectivity index (χ2v) is 10.5. The molecule has 0 spiro atoms. The molecule has 0 radical (unpaired) electrons. The van der Waals surface area contributed by atoms with Gasteiger partial charge in [0.15, 0.2) is 11.5 Å². The van der Waals surface area contributed by atoms with Crippen LogP contribution in [0, 0.1) is 0 Å². The number of unbranched alkanes of at least 4 members (excludes halogenated alkanes) is 2. The van der Waals surface area contributed by atoms with E-state index in [0.29, 0.717) is 18.6 Å². The number of fused-ring (bicyclic) bond motifs is 1. The first-order chi connectivity index (χ1) is 19.6. The minimum absolute atomic E-state index is 0.00216. The third-order valence-electron chi connectivity index (χ3n) is 6.40. The van der Waals surface area contributed by atoms with Crippen LogP contribution in [0.4, 0.5) is 13.2 Å². The van der Waals surface area contributed by atoms with Crippen molar-refractivity contribution in [3.05, 3.63) is 77.3 Å². The number of thiophene rings is 1. The monoisotopic (exact) mass is 587 g/mol. The first-order valence-corrected chi connectivity index (χ1v) is 14.1. The van der Waals surface area contributed by atoms with Gasteiger partial charge in [0.25, 0.3) is 0 Å². The Hall–Kier alpha value is -3.67. The number of ketones is 2. The number of carboxylic acids is 1. The first-order valence-electron chi connectivity index (χ1n) is 13.3. The number of Topliss-reactive ketones (excluding diaryl/α,β-unsaturated/α-hetero) is 2. The fraction of sp³-hybridized carbons (Fsp3) is 0.333. The maximum Gasteiger partial charge on any atom is 0.430 e. The van der Waals surface area contributed by atoms with Gasteiger partial charge in [0.05, 0.1) is 17.6 Å². The van der Waals surface area contributed by atoms with Crippen LogP contribution in [0.3, 0.4) is 0 Å². The van der Waals surface area contributed by atoms with Crippen LogP contribution in [-0.4, -0.2) is 42.1 Å². The van der Waals surface area contributed by atoms with E-state index in [1.807, 2.05) is 55.6 Å². The van der Waals surface area contributed by atoms with Gasteiger partial charge in [-0.3, -0.25) is 20.2 Å². The van der Waals surface area contributed by atoms with Crippen molar-refractivity contribution in [3.63, 3.8) is 0 Å². The van der Waals surface area contributed by atoms with Gasteiger partial charge in [-0.05, 0) is 42.5 Å². The molecule has 0 saturated carbocycles. The molecule has 2 heterocycles. The highest BCUT2D eigenvalue weighted by Crippen LogP contribution is 2.25. The number of amidine groups is 1. The first kappa shape index (κ1) is 31.9. The van der Waals surface area contributed by atoms with Crippen LogP contribution < -0.4 is 15.7 Å². The smallest absolute Gasteiger partial charge is 0.430 e. The fourth-order valence-electron chi connectivity index (χ4n) is 4.16. The Balaban J connectivity index is 0.000000587. The zero-order valence-corrected chi connectivity index (χ0v) is 23.4. The molecule has 1 aliphatic rings. The zero-order valence-electron chi connectivity index (χ0n) is 22.6. The highest BCUT2D eigenvalue weighted by Gasteiger charge is 2.29. The maximum atomic E-state index is 13.0. The zero-order chi connectivity index (χ0) is 29.8. The lowest BCUT2D eigenvalue weighted by Gasteiger charge is -2.16. The standard InChI is InChI=1S/C28H31N3O2S.C2HF3O2/c1-2-22(32)14-7-4-8-15-23(28-30-18-24(31-28)20-11-5-3-6-12-20)29-19-25(33)27-17-21-13-9-10-16-26(21)34-27;3-2(4,5)1(6)7/h3,5-6,9-13,16-18,23,29H,2,4,7-8,14-15,19H2,1H3,(H,30,31);(H,6,7)/t23-;/m0./s1. The molecule has 4 rings (SSSR count). The van der Waals surface area contributed by atoms with E-state index in [4.69, 9.17) is 14.9 Å². The Morgan fingerprint density at radius 3 is 2.37 bits per heavy atom. The van der Waals surface area contributed by atoms with Crippen LogP contribution in [0.5, 0.6) is 0 Å². The number of hydrogen-bond donors (Lipinski definition) is 2. The molecule has 3 aromatic rings. The summed E-state index contributed by atoms with van der Waals surface area (Å²) in [4.78, 5) is 38.8. The Kier molecular flexibility index (Phi) is 11.9. The van der Waals surface area contributed by atoms with Crippen LogP contribution in [0.1, 0.15) is 60.7 Å².